The lowest BCUT2D eigenvalue weighted by atomic mass is 10.1. The molecule has 0 amide bonds. The molecule has 0 nitrogen and oxygen atoms in total. The van der Waals surface area contributed by atoms with Crippen molar-refractivity contribution < 1.29 is 0 Å². The van der Waals surface area contributed by atoms with E-state index in [0.29, 0.717) is 0 Å². The third kappa shape index (κ3) is 1.32. The predicted molar refractivity (Wildman–Crippen MR) is 116 cm³/mol. The standard InChI is InChI=1S/C26H22S/c1-27(2,23-15-7-3-11-19(23)20-12-4-8-16-24(20)27)25-17-9-5-13-21(25)22-14-6-10-18-26(22)27/h3-18H,1-2H3. The molecule has 4 aromatic carbocycles. The molecule has 0 radical (unpaired) electrons. The third-order valence-electron chi connectivity index (χ3n) is 7.21. The first kappa shape index (κ1) is 15.3. The van der Waals surface area contributed by atoms with Crippen molar-refractivity contribution in [3.8, 4) is 22.3 Å². The Balaban J connectivity index is 2.02. The van der Waals surface area contributed by atoms with Gasteiger partial charge in [0.1, 0.15) is 0 Å². The van der Waals surface area contributed by atoms with E-state index in [2.05, 4.69) is 110 Å². The van der Waals surface area contributed by atoms with Gasteiger partial charge in [0.2, 0.25) is 0 Å². The van der Waals surface area contributed by atoms with Gasteiger partial charge < -0.3 is 0 Å². The molecule has 27 heavy (non-hydrogen) atoms. The van der Waals surface area contributed by atoms with Crippen LogP contribution in [0.3, 0.4) is 0 Å². The van der Waals surface area contributed by atoms with E-state index in [9.17, 15) is 0 Å². The smallest absolute Gasteiger partial charge is 0.00406 e. The second kappa shape index (κ2) is 4.21. The summed E-state index contributed by atoms with van der Waals surface area (Å²) in [5.74, 6) is 0. The summed E-state index contributed by atoms with van der Waals surface area (Å²) in [5.41, 5.74) is 5.58. The van der Waals surface area contributed by atoms with Crippen LogP contribution >= 0.6 is 8.29 Å². The van der Waals surface area contributed by atoms with E-state index in [1.165, 1.54) is 41.8 Å². The highest BCUT2D eigenvalue weighted by Crippen LogP contribution is 3.09. The van der Waals surface area contributed by atoms with Crippen LogP contribution in [0.1, 0.15) is 0 Å². The molecule has 2 heterocycles. The first-order valence-electron chi connectivity index (χ1n) is 9.44. The molecule has 0 atom stereocenters. The molecule has 2 aliphatic rings. The number of hydrogen-bond donors (Lipinski definition) is 0. The molecule has 0 saturated heterocycles. The molecule has 6 rings (SSSR count). The zero-order valence-electron chi connectivity index (χ0n) is 15.6. The average Bonchev–Trinajstić information content (AvgIpc) is 3.06. The molecule has 0 saturated carbocycles. The Morgan fingerprint density at radius 1 is 0.370 bits per heavy atom. The highest BCUT2D eigenvalue weighted by atomic mass is 32.4. The van der Waals surface area contributed by atoms with E-state index < -0.39 is 8.29 Å². The monoisotopic (exact) mass is 366 g/mol. The van der Waals surface area contributed by atoms with E-state index in [4.69, 9.17) is 0 Å². The minimum Gasteiger partial charge on any atom is -0.194 e. The first-order chi connectivity index (χ1) is 13.0. The van der Waals surface area contributed by atoms with Gasteiger partial charge in [-0.15, -0.1) is 0 Å². The van der Waals surface area contributed by atoms with Crippen LogP contribution in [0.4, 0.5) is 0 Å². The molecule has 0 aromatic heterocycles. The average molecular weight is 367 g/mol. The third-order valence-corrected chi connectivity index (χ3v) is 14.8. The summed E-state index contributed by atoms with van der Waals surface area (Å²) in [7, 11) is -3.14. The molecule has 0 fully saturated rings. The Morgan fingerprint density at radius 2 is 0.593 bits per heavy atom. The molecule has 1 heteroatoms. The van der Waals surface area contributed by atoms with Crippen molar-refractivity contribution in [3.05, 3.63) is 97.1 Å². The summed E-state index contributed by atoms with van der Waals surface area (Å²) in [5, 5.41) is 0. The van der Waals surface area contributed by atoms with Crippen molar-refractivity contribution in [1.82, 2.24) is 0 Å². The van der Waals surface area contributed by atoms with Crippen molar-refractivity contribution in [2.75, 3.05) is 12.5 Å². The normalized spacial score (nSPS) is 21.0. The summed E-state index contributed by atoms with van der Waals surface area (Å²) in [6, 6.07) is 36.4. The highest BCUT2D eigenvalue weighted by Gasteiger charge is 2.67. The largest absolute Gasteiger partial charge is 0.194 e. The molecule has 0 bridgehead atoms. The highest BCUT2D eigenvalue weighted by molar-refractivity contribution is 8.64. The zero-order valence-corrected chi connectivity index (χ0v) is 16.5. The van der Waals surface area contributed by atoms with E-state index in [1.807, 2.05) is 0 Å². The van der Waals surface area contributed by atoms with Crippen LogP contribution in [0.2, 0.25) is 0 Å². The number of fused-ring (bicyclic) bond motifs is 10. The molecule has 1 spiro atoms. The van der Waals surface area contributed by atoms with Crippen LogP contribution in [0, 0.1) is 0 Å². The van der Waals surface area contributed by atoms with Gasteiger partial charge in [0, 0.05) is 0 Å². The minimum atomic E-state index is -3.14. The summed E-state index contributed by atoms with van der Waals surface area (Å²) >= 11 is 0. The van der Waals surface area contributed by atoms with Gasteiger partial charge in [0.15, 0.2) is 0 Å². The van der Waals surface area contributed by atoms with Gasteiger partial charge in [-0.25, -0.2) is 0 Å². The Kier molecular flexibility index (Phi) is 2.39. The first-order valence-corrected chi connectivity index (χ1v) is 12.7. The Morgan fingerprint density at radius 3 is 0.852 bits per heavy atom. The van der Waals surface area contributed by atoms with E-state index in [-0.39, 0.29) is 0 Å². The van der Waals surface area contributed by atoms with E-state index in [0.717, 1.165) is 0 Å². The van der Waals surface area contributed by atoms with Crippen LogP contribution in [0.25, 0.3) is 22.3 Å². The van der Waals surface area contributed by atoms with E-state index in [1.54, 1.807) is 0 Å². The fraction of sp³-hybridized carbons (Fsp3) is 0.0769. The molecule has 0 aliphatic carbocycles. The van der Waals surface area contributed by atoms with Crippen molar-refractivity contribution >= 4 is 8.29 Å². The lowest BCUT2D eigenvalue weighted by molar-refractivity contribution is 1.26. The molecule has 0 unspecified atom stereocenters. The van der Waals surface area contributed by atoms with Gasteiger partial charge in [-0.2, -0.15) is 8.29 Å². The number of benzene rings is 4. The molecular weight excluding hydrogens is 344 g/mol. The van der Waals surface area contributed by atoms with Crippen LogP contribution in [-0.4, -0.2) is 12.5 Å². The Labute approximate surface area is 159 Å². The molecule has 0 N–H and O–H groups in total. The summed E-state index contributed by atoms with van der Waals surface area (Å²) < 4.78 is 0. The van der Waals surface area contributed by atoms with Gasteiger partial charge >= 0.3 is 0 Å². The molecular formula is C26H22S. The lowest BCUT2D eigenvalue weighted by Gasteiger charge is -2.72. The van der Waals surface area contributed by atoms with Crippen LogP contribution in [-0.2, 0) is 0 Å². The maximum Gasteiger partial charge on any atom is -0.00406 e. The van der Waals surface area contributed by atoms with Crippen LogP contribution < -0.4 is 0 Å². The fourth-order valence-electron chi connectivity index (χ4n) is 5.96. The topological polar surface area (TPSA) is 0 Å². The summed E-state index contributed by atoms with van der Waals surface area (Å²) in [6.45, 7) is 0. The van der Waals surface area contributed by atoms with Gasteiger partial charge in [0.25, 0.3) is 0 Å². The Bertz CT molecular complexity index is 1090. The van der Waals surface area contributed by atoms with Crippen molar-refractivity contribution in [3.63, 3.8) is 0 Å². The maximum absolute atomic E-state index is 3.14. The maximum atomic E-state index is 2.58. The zero-order chi connectivity index (χ0) is 18.3. The SMILES string of the molecule is CS12(C)(c3ccccc3-c3ccccc31)c1ccccc1-c1ccccc12. The fourth-order valence-corrected chi connectivity index (χ4v) is 13.4. The minimum absolute atomic E-state index is 1.39. The van der Waals surface area contributed by atoms with Crippen LogP contribution in [0.15, 0.2) is 117 Å². The number of hydrogen-bond acceptors (Lipinski definition) is 0. The quantitative estimate of drug-likeness (QED) is 0.306. The van der Waals surface area contributed by atoms with Crippen LogP contribution in [0.5, 0.6) is 0 Å². The van der Waals surface area contributed by atoms with Gasteiger partial charge in [0.05, 0.1) is 0 Å². The molecule has 132 valence electrons. The predicted octanol–water partition coefficient (Wildman–Crippen LogP) is 7.32. The Hall–Kier alpha value is -2.77. The van der Waals surface area contributed by atoms with E-state index >= 15 is 0 Å². The van der Waals surface area contributed by atoms with Crippen molar-refractivity contribution in [2.24, 2.45) is 0 Å². The summed E-state index contributed by atoms with van der Waals surface area (Å²) in [4.78, 5) is 5.99. The van der Waals surface area contributed by atoms with Gasteiger partial charge in [-0.3, -0.25) is 0 Å². The van der Waals surface area contributed by atoms with Gasteiger partial charge in [-0.05, 0) is 78.6 Å². The second-order valence-corrected chi connectivity index (χ2v) is 15.7. The lowest BCUT2D eigenvalue weighted by Crippen LogP contribution is -2.31. The van der Waals surface area contributed by atoms with Gasteiger partial charge in [-0.1, -0.05) is 72.8 Å². The summed E-state index contributed by atoms with van der Waals surface area (Å²) in [6.07, 6.45) is 5.16. The van der Waals surface area contributed by atoms with Crippen molar-refractivity contribution in [1.29, 1.82) is 0 Å². The molecule has 2 aliphatic heterocycles. The molecule has 4 aromatic rings. The second-order valence-electron chi connectivity index (χ2n) is 8.64. The van der Waals surface area contributed by atoms with Crippen molar-refractivity contribution in [2.45, 2.75) is 19.6 Å². The number of rotatable bonds is 0.